The van der Waals surface area contributed by atoms with E-state index >= 15 is 0 Å². The summed E-state index contributed by atoms with van der Waals surface area (Å²) in [6.07, 6.45) is 5.50. The van der Waals surface area contributed by atoms with Crippen LogP contribution in [0.25, 0.3) is 10.8 Å². The van der Waals surface area contributed by atoms with Crippen molar-refractivity contribution in [2.75, 3.05) is 33.2 Å². The van der Waals surface area contributed by atoms with Gasteiger partial charge < -0.3 is 20.0 Å². The van der Waals surface area contributed by atoms with E-state index in [1.54, 1.807) is 24.6 Å². The van der Waals surface area contributed by atoms with Crippen molar-refractivity contribution in [2.24, 2.45) is 10.9 Å². The Morgan fingerprint density at radius 3 is 2.96 bits per heavy atom. The number of rotatable bonds is 7. The maximum Gasteiger partial charge on any atom is 0.236 e. The van der Waals surface area contributed by atoms with E-state index < -0.39 is 0 Å². The van der Waals surface area contributed by atoms with E-state index in [9.17, 15) is 0 Å². The van der Waals surface area contributed by atoms with Crippen LogP contribution in [0.5, 0.6) is 0 Å². The maximum atomic E-state index is 5.54. The van der Waals surface area contributed by atoms with Crippen LogP contribution >= 0.6 is 11.3 Å². The van der Waals surface area contributed by atoms with Crippen LogP contribution in [0.3, 0.4) is 0 Å². The lowest BCUT2D eigenvalue weighted by atomic mass is 9.99. The van der Waals surface area contributed by atoms with Gasteiger partial charge in [-0.1, -0.05) is 13.0 Å². The lowest BCUT2D eigenvalue weighted by Gasteiger charge is -2.30. The maximum absolute atomic E-state index is 5.54. The predicted molar refractivity (Wildman–Crippen MR) is 107 cm³/mol. The zero-order chi connectivity index (χ0) is 18.2. The molecule has 0 atom stereocenters. The van der Waals surface area contributed by atoms with E-state index in [-0.39, 0.29) is 0 Å². The van der Waals surface area contributed by atoms with E-state index in [0.717, 1.165) is 42.0 Å². The topological polar surface area (TPSA) is 65.7 Å². The standard InChI is InChI=1S/C19H29N5OS/c1-15-6-10-24(11-7-15)9-4-8-21-19(20-2)22-13-16-14-25-18(23-16)17-5-3-12-26-17/h3,5,12,14-15H,4,6-11,13H2,1-2H3,(H2,20,21,22). The van der Waals surface area contributed by atoms with Crippen LogP contribution in [0.15, 0.2) is 33.2 Å². The average molecular weight is 376 g/mol. The van der Waals surface area contributed by atoms with E-state index in [2.05, 4.69) is 32.4 Å². The molecular formula is C19H29N5OS. The fourth-order valence-electron chi connectivity index (χ4n) is 3.09. The molecule has 1 saturated heterocycles. The second-order valence-corrected chi connectivity index (χ2v) is 7.80. The molecule has 2 aromatic heterocycles. The largest absolute Gasteiger partial charge is 0.443 e. The van der Waals surface area contributed by atoms with Gasteiger partial charge in [-0.05, 0) is 56.3 Å². The summed E-state index contributed by atoms with van der Waals surface area (Å²) in [5.41, 5.74) is 0.874. The SMILES string of the molecule is CN=C(NCCCN1CCC(C)CC1)NCc1coc(-c2cccs2)n1. The third kappa shape index (κ3) is 5.57. The molecule has 0 aliphatic carbocycles. The Morgan fingerprint density at radius 1 is 1.38 bits per heavy atom. The Bertz CT molecular complexity index is 674. The molecule has 0 radical (unpaired) electrons. The number of oxazole rings is 1. The lowest BCUT2D eigenvalue weighted by Crippen LogP contribution is -2.39. The molecule has 142 valence electrons. The van der Waals surface area contributed by atoms with E-state index in [4.69, 9.17) is 4.42 Å². The summed E-state index contributed by atoms with van der Waals surface area (Å²) in [6, 6.07) is 4.01. The van der Waals surface area contributed by atoms with Crippen molar-refractivity contribution in [3.63, 3.8) is 0 Å². The molecule has 2 N–H and O–H groups in total. The molecule has 6 nitrogen and oxygen atoms in total. The third-order valence-corrected chi connectivity index (χ3v) is 5.62. The Hall–Kier alpha value is -1.86. The van der Waals surface area contributed by atoms with E-state index in [1.165, 1.54) is 25.9 Å². The normalized spacial score (nSPS) is 16.8. The number of likely N-dealkylation sites (tertiary alicyclic amines) is 1. The monoisotopic (exact) mass is 375 g/mol. The summed E-state index contributed by atoms with van der Waals surface area (Å²) in [7, 11) is 1.79. The van der Waals surface area contributed by atoms with Crippen molar-refractivity contribution in [3.05, 3.63) is 29.5 Å². The van der Waals surface area contributed by atoms with Crippen LogP contribution in [0.4, 0.5) is 0 Å². The molecule has 7 heteroatoms. The molecule has 0 saturated carbocycles. The fraction of sp³-hybridized carbons (Fsp3) is 0.579. The van der Waals surface area contributed by atoms with Gasteiger partial charge in [0.05, 0.1) is 17.1 Å². The zero-order valence-electron chi connectivity index (χ0n) is 15.7. The van der Waals surface area contributed by atoms with Gasteiger partial charge in [-0.3, -0.25) is 4.99 Å². The third-order valence-electron chi connectivity index (χ3n) is 4.76. The Morgan fingerprint density at radius 2 is 2.23 bits per heavy atom. The Kier molecular flexibility index (Phi) is 7.08. The highest BCUT2D eigenvalue weighted by molar-refractivity contribution is 7.13. The molecule has 26 heavy (non-hydrogen) atoms. The molecule has 2 aromatic rings. The number of guanidine groups is 1. The van der Waals surface area contributed by atoms with Gasteiger partial charge in [-0.2, -0.15) is 0 Å². The van der Waals surface area contributed by atoms with Crippen molar-refractivity contribution in [3.8, 4) is 10.8 Å². The number of aliphatic imine (C=N–C) groups is 1. The van der Waals surface area contributed by atoms with Crippen molar-refractivity contribution >= 4 is 17.3 Å². The number of thiophene rings is 1. The van der Waals surface area contributed by atoms with Crippen LogP contribution in [0.1, 0.15) is 31.9 Å². The van der Waals surface area contributed by atoms with Gasteiger partial charge in [0.2, 0.25) is 5.89 Å². The van der Waals surface area contributed by atoms with Gasteiger partial charge in [-0.25, -0.2) is 4.98 Å². The number of hydrogen-bond donors (Lipinski definition) is 2. The minimum Gasteiger partial charge on any atom is -0.443 e. The summed E-state index contributed by atoms with van der Waals surface area (Å²) >= 11 is 1.63. The van der Waals surface area contributed by atoms with Crippen LogP contribution in [-0.4, -0.2) is 49.1 Å². The highest BCUT2D eigenvalue weighted by Crippen LogP contribution is 2.23. The minimum atomic E-state index is 0.596. The van der Waals surface area contributed by atoms with Crippen LogP contribution in [-0.2, 0) is 6.54 Å². The van der Waals surface area contributed by atoms with Crippen molar-refractivity contribution in [1.29, 1.82) is 0 Å². The molecule has 0 bridgehead atoms. The van der Waals surface area contributed by atoms with Gasteiger partial charge in [0.1, 0.15) is 6.26 Å². The van der Waals surface area contributed by atoms with E-state index in [1.807, 2.05) is 17.5 Å². The second kappa shape index (κ2) is 9.73. The minimum absolute atomic E-state index is 0.596. The Labute approximate surface area is 159 Å². The van der Waals surface area contributed by atoms with Crippen molar-refractivity contribution in [2.45, 2.75) is 32.7 Å². The molecule has 1 aliphatic rings. The molecule has 3 rings (SSSR count). The molecule has 0 spiro atoms. The fourth-order valence-corrected chi connectivity index (χ4v) is 3.75. The molecule has 3 heterocycles. The molecule has 1 fully saturated rings. The number of aromatic nitrogens is 1. The molecular weight excluding hydrogens is 346 g/mol. The highest BCUT2D eigenvalue weighted by atomic mass is 32.1. The highest BCUT2D eigenvalue weighted by Gasteiger charge is 2.14. The van der Waals surface area contributed by atoms with Gasteiger partial charge in [0.15, 0.2) is 5.96 Å². The summed E-state index contributed by atoms with van der Waals surface area (Å²) in [5, 5.41) is 8.69. The molecule has 1 aliphatic heterocycles. The number of nitrogens with one attached hydrogen (secondary N) is 2. The first kappa shape index (κ1) is 18.9. The van der Waals surface area contributed by atoms with E-state index in [0.29, 0.717) is 12.4 Å². The van der Waals surface area contributed by atoms with Crippen molar-refractivity contribution < 1.29 is 4.42 Å². The first-order valence-electron chi connectivity index (χ1n) is 9.39. The van der Waals surface area contributed by atoms with Crippen LogP contribution < -0.4 is 10.6 Å². The Balaban J connectivity index is 1.34. The number of hydrogen-bond acceptors (Lipinski definition) is 5. The molecule has 0 unspecified atom stereocenters. The van der Waals surface area contributed by atoms with Gasteiger partial charge in [-0.15, -0.1) is 11.3 Å². The summed E-state index contributed by atoms with van der Waals surface area (Å²) in [6.45, 7) is 7.51. The molecule has 0 aromatic carbocycles. The lowest BCUT2D eigenvalue weighted by molar-refractivity contribution is 0.191. The summed E-state index contributed by atoms with van der Waals surface area (Å²) in [5.74, 6) is 2.37. The van der Waals surface area contributed by atoms with Crippen LogP contribution in [0.2, 0.25) is 0 Å². The van der Waals surface area contributed by atoms with Crippen molar-refractivity contribution in [1.82, 2.24) is 20.5 Å². The quantitative estimate of drug-likeness (QED) is 0.442. The van der Waals surface area contributed by atoms with Gasteiger partial charge in [0.25, 0.3) is 0 Å². The number of piperidine rings is 1. The summed E-state index contributed by atoms with van der Waals surface area (Å²) < 4.78 is 5.54. The zero-order valence-corrected chi connectivity index (χ0v) is 16.5. The van der Waals surface area contributed by atoms with Gasteiger partial charge >= 0.3 is 0 Å². The first-order chi connectivity index (χ1) is 12.7. The summed E-state index contributed by atoms with van der Waals surface area (Å²) in [4.78, 5) is 12.4. The van der Waals surface area contributed by atoms with Crippen LogP contribution in [0, 0.1) is 5.92 Å². The van der Waals surface area contributed by atoms with Gasteiger partial charge in [0, 0.05) is 13.6 Å². The molecule has 0 amide bonds. The second-order valence-electron chi connectivity index (χ2n) is 6.85. The first-order valence-corrected chi connectivity index (χ1v) is 10.3. The smallest absolute Gasteiger partial charge is 0.236 e. The average Bonchev–Trinajstić information content (AvgIpc) is 3.34. The number of nitrogens with zero attached hydrogens (tertiary/aromatic N) is 3. The predicted octanol–water partition coefficient (Wildman–Crippen LogP) is 3.19.